The fourth-order valence-electron chi connectivity index (χ4n) is 2.61. The van der Waals surface area contributed by atoms with Gasteiger partial charge in [-0.1, -0.05) is 43.3 Å². The van der Waals surface area contributed by atoms with E-state index in [-0.39, 0.29) is 0 Å². The van der Waals surface area contributed by atoms with Crippen LogP contribution in [0, 0.1) is 6.92 Å². The second kappa shape index (κ2) is 8.25. The van der Waals surface area contributed by atoms with Gasteiger partial charge in [-0.25, -0.2) is 4.98 Å². The van der Waals surface area contributed by atoms with Gasteiger partial charge in [-0.15, -0.1) is 0 Å². The van der Waals surface area contributed by atoms with E-state index >= 15 is 0 Å². The number of benzene rings is 1. The highest BCUT2D eigenvalue weighted by molar-refractivity contribution is 5.70. The summed E-state index contributed by atoms with van der Waals surface area (Å²) in [4.78, 5) is 9.01. The van der Waals surface area contributed by atoms with Gasteiger partial charge in [0.25, 0.3) is 0 Å². The highest BCUT2D eigenvalue weighted by atomic mass is 16.5. The molecular formula is C22H22N2O. The topological polar surface area (TPSA) is 35.0 Å². The lowest BCUT2D eigenvalue weighted by Gasteiger charge is -2.12. The number of ether oxygens (including phenoxy) is 1. The van der Waals surface area contributed by atoms with Crippen LogP contribution in [0.25, 0.3) is 12.2 Å². The summed E-state index contributed by atoms with van der Waals surface area (Å²) in [6, 6.07) is 18.2. The molecule has 0 saturated carbocycles. The molecule has 25 heavy (non-hydrogen) atoms. The van der Waals surface area contributed by atoms with Crippen LogP contribution in [0.5, 0.6) is 5.88 Å². The molecule has 0 aliphatic heterocycles. The first-order valence-corrected chi connectivity index (χ1v) is 8.52. The number of nitrogens with zero attached hydrogens (tertiary/aromatic N) is 2. The first-order chi connectivity index (χ1) is 12.3. The third-order valence-electron chi connectivity index (χ3n) is 4.03. The summed E-state index contributed by atoms with van der Waals surface area (Å²) in [6.07, 6.45) is 6.75. The number of pyridine rings is 2. The van der Waals surface area contributed by atoms with Crippen LogP contribution >= 0.6 is 0 Å². The Bertz CT molecular complexity index is 843. The molecule has 0 N–H and O–H groups in total. The normalized spacial score (nSPS) is 11.0. The highest BCUT2D eigenvalue weighted by Crippen LogP contribution is 2.23. The molecule has 0 bridgehead atoms. The Kier molecular flexibility index (Phi) is 5.57. The summed E-state index contributed by atoms with van der Waals surface area (Å²) >= 11 is 0. The van der Waals surface area contributed by atoms with Crippen LogP contribution in [0.3, 0.4) is 0 Å². The van der Waals surface area contributed by atoms with Crippen LogP contribution in [0.15, 0.2) is 60.8 Å². The van der Waals surface area contributed by atoms with Crippen LogP contribution in [-0.4, -0.2) is 9.97 Å². The van der Waals surface area contributed by atoms with Crippen molar-refractivity contribution >= 4 is 12.2 Å². The van der Waals surface area contributed by atoms with Gasteiger partial charge in [-0.05, 0) is 54.8 Å². The number of aromatic nitrogens is 2. The minimum Gasteiger partial charge on any atom is -0.472 e. The largest absolute Gasteiger partial charge is 0.472 e. The van der Waals surface area contributed by atoms with Crippen LogP contribution in [0.2, 0.25) is 0 Å². The lowest BCUT2D eigenvalue weighted by atomic mass is 10.1. The molecule has 3 nitrogen and oxygen atoms in total. The quantitative estimate of drug-likeness (QED) is 0.631. The van der Waals surface area contributed by atoms with Gasteiger partial charge >= 0.3 is 0 Å². The third kappa shape index (κ3) is 4.54. The Balaban J connectivity index is 1.87. The standard InChI is InChI=1S/C22H22N2O/c1-3-19-15-20(12-13-21-11-7-8-14-23-21)22(24-17(19)2)25-16-18-9-5-4-6-10-18/h4-15H,3,16H2,1-2H3/b13-12+. The van der Waals surface area contributed by atoms with Crippen molar-refractivity contribution < 1.29 is 4.74 Å². The van der Waals surface area contributed by atoms with E-state index in [1.807, 2.05) is 55.5 Å². The zero-order chi connectivity index (χ0) is 17.5. The van der Waals surface area contributed by atoms with Crippen molar-refractivity contribution in [1.29, 1.82) is 0 Å². The molecule has 3 aromatic rings. The van der Waals surface area contributed by atoms with Gasteiger partial charge in [-0.2, -0.15) is 0 Å². The van der Waals surface area contributed by atoms with E-state index in [9.17, 15) is 0 Å². The van der Waals surface area contributed by atoms with Gasteiger partial charge in [0.2, 0.25) is 5.88 Å². The van der Waals surface area contributed by atoms with E-state index in [1.54, 1.807) is 6.20 Å². The predicted octanol–water partition coefficient (Wildman–Crippen LogP) is 5.10. The fraction of sp³-hybridized carbons (Fsp3) is 0.182. The van der Waals surface area contributed by atoms with Crippen molar-refractivity contribution in [2.24, 2.45) is 0 Å². The van der Waals surface area contributed by atoms with Crippen molar-refractivity contribution in [2.45, 2.75) is 26.9 Å². The highest BCUT2D eigenvalue weighted by Gasteiger charge is 2.08. The second-order valence-corrected chi connectivity index (χ2v) is 5.84. The molecule has 0 saturated heterocycles. The third-order valence-corrected chi connectivity index (χ3v) is 4.03. The van der Waals surface area contributed by atoms with Gasteiger partial charge in [0.15, 0.2) is 0 Å². The number of hydrogen-bond acceptors (Lipinski definition) is 3. The van der Waals surface area contributed by atoms with Gasteiger partial charge < -0.3 is 4.74 Å². The van der Waals surface area contributed by atoms with Crippen LogP contribution < -0.4 is 4.74 Å². The Morgan fingerprint density at radius 3 is 2.52 bits per heavy atom. The van der Waals surface area contributed by atoms with E-state index in [4.69, 9.17) is 4.74 Å². The first kappa shape index (κ1) is 16.9. The van der Waals surface area contributed by atoms with Gasteiger partial charge in [0, 0.05) is 17.5 Å². The molecule has 3 heteroatoms. The summed E-state index contributed by atoms with van der Waals surface area (Å²) in [5, 5.41) is 0. The maximum Gasteiger partial charge on any atom is 0.221 e. The first-order valence-electron chi connectivity index (χ1n) is 8.52. The zero-order valence-corrected chi connectivity index (χ0v) is 14.6. The van der Waals surface area contributed by atoms with Crippen molar-refractivity contribution in [3.8, 4) is 5.88 Å². The summed E-state index contributed by atoms with van der Waals surface area (Å²) in [5.74, 6) is 0.658. The Morgan fingerprint density at radius 1 is 1.00 bits per heavy atom. The predicted molar refractivity (Wildman–Crippen MR) is 102 cm³/mol. The van der Waals surface area contributed by atoms with Gasteiger partial charge in [0.05, 0.1) is 5.69 Å². The molecule has 0 unspecified atom stereocenters. The van der Waals surface area contributed by atoms with Gasteiger partial charge in [-0.3, -0.25) is 4.98 Å². The molecule has 2 aromatic heterocycles. The van der Waals surface area contributed by atoms with Crippen molar-refractivity contribution in [2.75, 3.05) is 0 Å². The van der Waals surface area contributed by atoms with Crippen molar-refractivity contribution in [3.63, 3.8) is 0 Å². The summed E-state index contributed by atoms with van der Waals surface area (Å²) < 4.78 is 6.01. The summed E-state index contributed by atoms with van der Waals surface area (Å²) in [6.45, 7) is 4.67. The summed E-state index contributed by atoms with van der Waals surface area (Å²) in [7, 11) is 0. The molecule has 0 atom stereocenters. The lowest BCUT2D eigenvalue weighted by Crippen LogP contribution is -2.02. The lowest BCUT2D eigenvalue weighted by molar-refractivity contribution is 0.292. The molecule has 0 radical (unpaired) electrons. The average Bonchev–Trinajstić information content (AvgIpc) is 2.67. The molecule has 2 heterocycles. The van der Waals surface area contributed by atoms with Crippen LogP contribution in [0.1, 0.15) is 35.0 Å². The maximum absolute atomic E-state index is 6.01. The molecular weight excluding hydrogens is 308 g/mol. The Labute approximate surface area is 149 Å². The van der Waals surface area contributed by atoms with Crippen molar-refractivity contribution in [1.82, 2.24) is 9.97 Å². The number of aryl methyl sites for hydroxylation is 2. The SMILES string of the molecule is CCc1cc(/C=C/c2ccccn2)c(OCc2ccccc2)nc1C. The Hall–Kier alpha value is -2.94. The minimum atomic E-state index is 0.503. The van der Waals surface area contributed by atoms with E-state index in [0.717, 1.165) is 28.9 Å². The zero-order valence-electron chi connectivity index (χ0n) is 14.6. The van der Waals surface area contributed by atoms with E-state index in [2.05, 4.69) is 35.1 Å². The van der Waals surface area contributed by atoms with Crippen molar-refractivity contribution in [3.05, 3.63) is 88.9 Å². The number of hydrogen-bond donors (Lipinski definition) is 0. The molecule has 126 valence electrons. The molecule has 0 amide bonds. The molecule has 0 aliphatic carbocycles. The molecule has 3 rings (SSSR count). The maximum atomic E-state index is 6.01. The fourth-order valence-corrected chi connectivity index (χ4v) is 2.61. The second-order valence-electron chi connectivity index (χ2n) is 5.84. The molecule has 0 fully saturated rings. The van der Waals surface area contributed by atoms with E-state index < -0.39 is 0 Å². The van der Waals surface area contributed by atoms with Gasteiger partial charge in [0.1, 0.15) is 6.61 Å². The number of rotatable bonds is 6. The molecule has 1 aromatic carbocycles. The molecule has 0 aliphatic rings. The van der Waals surface area contributed by atoms with E-state index in [0.29, 0.717) is 12.5 Å². The Morgan fingerprint density at radius 2 is 1.80 bits per heavy atom. The average molecular weight is 330 g/mol. The summed E-state index contributed by atoms with van der Waals surface area (Å²) in [5.41, 5.74) is 5.26. The van der Waals surface area contributed by atoms with E-state index in [1.165, 1.54) is 5.56 Å². The smallest absolute Gasteiger partial charge is 0.221 e. The van der Waals surface area contributed by atoms with Crippen LogP contribution in [-0.2, 0) is 13.0 Å². The minimum absolute atomic E-state index is 0.503. The molecule has 0 spiro atoms. The van der Waals surface area contributed by atoms with Crippen LogP contribution in [0.4, 0.5) is 0 Å². The monoisotopic (exact) mass is 330 g/mol.